The van der Waals surface area contributed by atoms with Crippen LogP contribution in [0.1, 0.15) is 11.3 Å². The summed E-state index contributed by atoms with van der Waals surface area (Å²) in [6, 6.07) is 17.5. The Morgan fingerprint density at radius 2 is 1.90 bits per heavy atom. The molecule has 0 aliphatic heterocycles. The zero-order valence-corrected chi connectivity index (χ0v) is 11.3. The number of hydrogen-bond donors (Lipinski definition) is 2. The Kier molecular flexibility index (Phi) is 3.25. The third-order valence-corrected chi connectivity index (χ3v) is 3.33. The molecule has 0 radical (unpaired) electrons. The first-order valence-electron chi connectivity index (χ1n) is 6.60. The lowest BCUT2D eigenvalue weighted by Crippen LogP contribution is -2.02. The maximum atomic E-state index is 9.40. The van der Waals surface area contributed by atoms with Gasteiger partial charge in [0, 0.05) is 11.1 Å². The van der Waals surface area contributed by atoms with E-state index >= 15 is 0 Å². The van der Waals surface area contributed by atoms with Crippen LogP contribution in [0.5, 0.6) is 5.75 Å². The maximum Gasteiger partial charge on any atom is 0.115 e. The number of para-hydroxylation sites is 1. The molecule has 3 rings (SSSR count). The molecular formula is C17H16N2O. The van der Waals surface area contributed by atoms with Gasteiger partial charge in [-0.1, -0.05) is 24.3 Å². The molecule has 0 bridgehead atoms. The normalized spacial score (nSPS) is 10.7. The Labute approximate surface area is 117 Å². The first-order chi connectivity index (χ1) is 9.72. The molecule has 0 saturated heterocycles. The van der Waals surface area contributed by atoms with Crippen molar-refractivity contribution in [3.63, 3.8) is 0 Å². The van der Waals surface area contributed by atoms with Crippen LogP contribution in [-0.4, -0.2) is 10.1 Å². The fourth-order valence-electron chi connectivity index (χ4n) is 2.24. The van der Waals surface area contributed by atoms with E-state index in [-0.39, 0.29) is 5.75 Å². The number of fused-ring (bicyclic) bond motifs is 1. The summed E-state index contributed by atoms with van der Waals surface area (Å²) in [4.78, 5) is 4.63. The van der Waals surface area contributed by atoms with Crippen LogP contribution < -0.4 is 5.32 Å². The third kappa shape index (κ3) is 2.57. The Bertz CT molecular complexity index is 753. The van der Waals surface area contributed by atoms with Gasteiger partial charge in [0.25, 0.3) is 0 Å². The van der Waals surface area contributed by atoms with E-state index in [4.69, 9.17) is 0 Å². The monoisotopic (exact) mass is 264 g/mol. The molecule has 2 N–H and O–H groups in total. The van der Waals surface area contributed by atoms with Crippen molar-refractivity contribution in [2.24, 2.45) is 0 Å². The zero-order chi connectivity index (χ0) is 13.9. The quantitative estimate of drug-likeness (QED) is 0.706. The number of phenols is 1. The van der Waals surface area contributed by atoms with Crippen LogP contribution in [0.2, 0.25) is 0 Å². The second kappa shape index (κ2) is 5.21. The number of nitrogens with one attached hydrogen (secondary N) is 1. The number of hydrogen-bond acceptors (Lipinski definition) is 3. The lowest BCUT2D eigenvalue weighted by atomic mass is 10.2. The van der Waals surface area contributed by atoms with Gasteiger partial charge in [-0.3, -0.25) is 4.98 Å². The summed E-state index contributed by atoms with van der Waals surface area (Å²) in [6.07, 6.45) is 0. The summed E-state index contributed by atoms with van der Waals surface area (Å²) in [5, 5.41) is 13.9. The second-order valence-electron chi connectivity index (χ2n) is 4.85. The summed E-state index contributed by atoms with van der Waals surface area (Å²) < 4.78 is 0. The van der Waals surface area contributed by atoms with Crippen molar-refractivity contribution in [1.82, 2.24) is 4.98 Å². The summed E-state index contributed by atoms with van der Waals surface area (Å²) in [6.45, 7) is 2.63. The second-order valence-corrected chi connectivity index (χ2v) is 4.85. The molecule has 0 unspecified atom stereocenters. The van der Waals surface area contributed by atoms with Crippen molar-refractivity contribution < 1.29 is 5.11 Å². The topological polar surface area (TPSA) is 45.1 Å². The Morgan fingerprint density at radius 1 is 1.05 bits per heavy atom. The molecule has 1 aromatic heterocycles. The van der Waals surface area contributed by atoms with E-state index in [0.29, 0.717) is 6.54 Å². The Balaban J connectivity index is 1.79. The lowest BCUT2D eigenvalue weighted by molar-refractivity contribution is 0.475. The van der Waals surface area contributed by atoms with E-state index in [2.05, 4.69) is 22.4 Å². The van der Waals surface area contributed by atoms with Crippen molar-refractivity contribution in [2.75, 3.05) is 5.32 Å². The van der Waals surface area contributed by atoms with Crippen molar-refractivity contribution in [3.05, 3.63) is 65.9 Å². The average molecular weight is 264 g/mol. The number of aromatic nitrogens is 1. The Hall–Kier alpha value is -2.55. The number of phenolic OH excluding ortho intramolecular Hbond substituents is 1. The molecule has 20 heavy (non-hydrogen) atoms. The smallest absolute Gasteiger partial charge is 0.115 e. The highest BCUT2D eigenvalue weighted by molar-refractivity contribution is 5.78. The molecule has 100 valence electrons. The lowest BCUT2D eigenvalue weighted by Gasteiger charge is -2.10. The summed E-state index contributed by atoms with van der Waals surface area (Å²) in [7, 11) is 0. The van der Waals surface area contributed by atoms with E-state index in [9.17, 15) is 5.11 Å². The van der Waals surface area contributed by atoms with Crippen molar-refractivity contribution in [1.29, 1.82) is 0 Å². The summed E-state index contributed by atoms with van der Waals surface area (Å²) in [5.74, 6) is 0.289. The minimum Gasteiger partial charge on any atom is -0.508 e. The molecule has 0 saturated carbocycles. The van der Waals surface area contributed by atoms with Crippen molar-refractivity contribution in [3.8, 4) is 5.75 Å². The number of pyridine rings is 1. The fourth-order valence-corrected chi connectivity index (χ4v) is 2.24. The highest BCUT2D eigenvalue weighted by Gasteiger charge is 2.01. The van der Waals surface area contributed by atoms with E-state index in [1.807, 2.05) is 37.3 Å². The number of anilines is 1. The van der Waals surface area contributed by atoms with E-state index in [1.165, 1.54) is 0 Å². The van der Waals surface area contributed by atoms with Gasteiger partial charge in [0.2, 0.25) is 0 Å². The molecule has 3 heteroatoms. The van der Waals surface area contributed by atoms with Gasteiger partial charge in [-0.2, -0.15) is 0 Å². The molecule has 0 amide bonds. The van der Waals surface area contributed by atoms with Gasteiger partial charge in [-0.15, -0.1) is 0 Å². The molecule has 0 spiro atoms. The van der Waals surface area contributed by atoms with Gasteiger partial charge < -0.3 is 10.4 Å². The predicted molar refractivity (Wildman–Crippen MR) is 81.9 cm³/mol. The largest absolute Gasteiger partial charge is 0.508 e. The standard InChI is InChI=1S/C17H16N2O/c1-12-10-15(20)8-9-16(12)18-11-14-7-6-13-4-2-3-5-17(13)19-14/h2-10,18,20H,11H2,1H3. The first kappa shape index (κ1) is 12.5. The molecule has 1 heterocycles. The van der Waals surface area contributed by atoms with Gasteiger partial charge in [-0.25, -0.2) is 0 Å². The number of nitrogens with zero attached hydrogens (tertiary/aromatic N) is 1. The minimum absolute atomic E-state index is 0.289. The molecule has 3 nitrogen and oxygen atoms in total. The molecule has 2 aromatic carbocycles. The molecule has 3 aromatic rings. The number of benzene rings is 2. The van der Waals surface area contributed by atoms with Crippen LogP contribution in [-0.2, 0) is 6.54 Å². The summed E-state index contributed by atoms with van der Waals surface area (Å²) >= 11 is 0. The van der Waals surface area contributed by atoms with E-state index in [1.54, 1.807) is 12.1 Å². The van der Waals surface area contributed by atoms with Crippen molar-refractivity contribution in [2.45, 2.75) is 13.5 Å². The zero-order valence-electron chi connectivity index (χ0n) is 11.3. The van der Waals surface area contributed by atoms with Crippen LogP contribution in [0.25, 0.3) is 10.9 Å². The third-order valence-electron chi connectivity index (χ3n) is 3.33. The minimum atomic E-state index is 0.289. The number of aryl methyl sites for hydroxylation is 1. The predicted octanol–water partition coefficient (Wildman–Crippen LogP) is 3.86. The van der Waals surface area contributed by atoms with Crippen LogP contribution in [0.4, 0.5) is 5.69 Å². The van der Waals surface area contributed by atoms with Gasteiger partial charge in [0.05, 0.1) is 17.8 Å². The molecule has 0 aliphatic carbocycles. The number of rotatable bonds is 3. The van der Waals surface area contributed by atoms with Gasteiger partial charge in [0.1, 0.15) is 5.75 Å². The SMILES string of the molecule is Cc1cc(O)ccc1NCc1ccc2ccccc2n1. The summed E-state index contributed by atoms with van der Waals surface area (Å²) in [5.41, 5.74) is 4.04. The fraction of sp³-hybridized carbons (Fsp3) is 0.118. The van der Waals surface area contributed by atoms with Gasteiger partial charge in [0.15, 0.2) is 0 Å². The molecule has 0 fully saturated rings. The number of aromatic hydroxyl groups is 1. The van der Waals surface area contributed by atoms with E-state index in [0.717, 1.165) is 27.8 Å². The van der Waals surface area contributed by atoms with E-state index < -0.39 is 0 Å². The van der Waals surface area contributed by atoms with Crippen LogP contribution in [0.15, 0.2) is 54.6 Å². The van der Waals surface area contributed by atoms with Crippen LogP contribution >= 0.6 is 0 Å². The highest BCUT2D eigenvalue weighted by Crippen LogP contribution is 2.21. The highest BCUT2D eigenvalue weighted by atomic mass is 16.3. The van der Waals surface area contributed by atoms with Crippen LogP contribution in [0.3, 0.4) is 0 Å². The first-order valence-corrected chi connectivity index (χ1v) is 6.60. The maximum absolute atomic E-state index is 9.40. The van der Waals surface area contributed by atoms with Crippen LogP contribution in [0, 0.1) is 6.92 Å². The molecule has 0 atom stereocenters. The van der Waals surface area contributed by atoms with Gasteiger partial charge >= 0.3 is 0 Å². The van der Waals surface area contributed by atoms with Gasteiger partial charge in [-0.05, 0) is 42.8 Å². The molecular weight excluding hydrogens is 248 g/mol. The molecule has 0 aliphatic rings. The Morgan fingerprint density at radius 3 is 2.75 bits per heavy atom. The average Bonchev–Trinajstić information content (AvgIpc) is 2.46. The van der Waals surface area contributed by atoms with Crippen molar-refractivity contribution >= 4 is 16.6 Å².